The van der Waals surface area contributed by atoms with Gasteiger partial charge in [0.1, 0.15) is 6.61 Å². The summed E-state index contributed by atoms with van der Waals surface area (Å²) in [5.74, 6) is -0.269. The third-order valence-electron chi connectivity index (χ3n) is 2.54. The highest BCUT2D eigenvalue weighted by atomic mass is 16.5. The Kier molecular flexibility index (Phi) is 3.83. The minimum atomic E-state index is -0.269. The number of esters is 1. The van der Waals surface area contributed by atoms with Crippen molar-refractivity contribution in [1.29, 1.82) is 0 Å². The van der Waals surface area contributed by atoms with Crippen molar-refractivity contribution in [2.75, 3.05) is 0 Å². The first-order valence-corrected chi connectivity index (χ1v) is 5.13. The van der Waals surface area contributed by atoms with Crippen LogP contribution in [0.5, 0.6) is 0 Å². The summed E-state index contributed by atoms with van der Waals surface area (Å²) in [7, 11) is 0. The van der Waals surface area contributed by atoms with E-state index in [1.54, 1.807) is 0 Å². The molecule has 0 fully saturated rings. The minimum absolute atomic E-state index is 0.269. The van der Waals surface area contributed by atoms with Crippen LogP contribution in [0, 0.1) is 13.8 Å². The van der Waals surface area contributed by atoms with E-state index >= 15 is 0 Å². The molecular formula is C12H17NO2. The number of aryl methyl sites for hydroxylation is 1. The maximum absolute atomic E-state index is 10.7. The van der Waals surface area contributed by atoms with E-state index in [4.69, 9.17) is 4.74 Å². The Hall–Kier alpha value is -1.38. The number of ether oxygens (including phenoxy) is 1. The zero-order chi connectivity index (χ0) is 11.4. The van der Waals surface area contributed by atoms with Gasteiger partial charge in [-0.25, -0.2) is 0 Å². The molecule has 82 valence electrons. The monoisotopic (exact) mass is 207 g/mol. The predicted molar refractivity (Wildman–Crippen MR) is 58.6 cm³/mol. The van der Waals surface area contributed by atoms with Crippen LogP contribution in [0.4, 0.5) is 0 Å². The average Bonchev–Trinajstić information content (AvgIpc) is 2.17. The summed E-state index contributed by atoms with van der Waals surface area (Å²) in [5, 5.41) is 0. The van der Waals surface area contributed by atoms with Crippen molar-refractivity contribution in [2.24, 2.45) is 0 Å². The molecule has 3 nitrogen and oxygen atoms in total. The Labute approximate surface area is 90.5 Å². The van der Waals surface area contributed by atoms with Crippen LogP contribution in [0.3, 0.4) is 0 Å². The second kappa shape index (κ2) is 4.91. The van der Waals surface area contributed by atoms with E-state index in [2.05, 4.69) is 18.8 Å². The molecule has 0 N–H and O–H groups in total. The lowest BCUT2D eigenvalue weighted by molar-refractivity contribution is -0.142. The van der Waals surface area contributed by atoms with Crippen LogP contribution in [0.1, 0.15) is 36.2 Å². The molecule has 15 heavy (non-hydrogen) atoms. The molecule has 0 aliphatic rings. The molecule has 1 heterocycles. The van der Waals surface area contributed by atoms with Gasteiger partial charge in [0.05, 0.1) is 5.69 Å². The van der Waals surface area contributed by atoms with Crippen LogP contribution in [0.15, 0.2) is 6.20 Å². The Morgan fingerprint density at radius 1 is 1.47 bits per heavy atom. The third kappa shape index (κ3) is 2.78. The maximum atomic E-state index is 10.7. The summed E-state index contributed by atoms with van der Waals surface area (Å²) in [6.45, 7) is 7.87. The molecule has 0 saturated carbocycles. The summed E-state index contributed by atoms with van der Waals surface area (Å²) >= 11 is 0. The van der Waals surface area contributed by atoms with Gasteiger partial charge in [-0.05, 0) is 37.0 Å². The summed E-state index contributed by atoms with van der Waals surface area (Å²) in [4.78, 5) is 15.0. The molecule has 0 aliphatic heterocycles. The Bertz CT molecular complexity index is 372. The largest absolute Gasteiger partial charge is 0.459 e. The van der Waals surface area contributed by atoms with E-state index in [1.807, 2.05) is 13.1 Å². The highest BCUT2D eigenvalue weighted by molar-refractivity contribution is 5.65. The van der Waals surface area contributed by atoms with Gasteiger partial charge in [0, 0.05) is 13.1 Å². The second-order valence-electron chi connectivity index (χ2n) is 3.63. The molecule has 1 aromatic heterocycles. The van der Waals surface area contributed by atoms with E-state index in [0.29, 0.717) is 0 Å². The molecule has 0 amide bonds. The number of nitrogens with zero attached hydrogens (tertiary/aromatic N) is 1. The van der Waals surface area contributed by atoms with Crippen LogP contribution < -0.4 is 0 Å². The van der Waals surface area contributed by atoms with Gasteiger partial charge < -0.3 is 4.74 Å². The van der Waals surface area contributed by atoms with Gasteiger partial charge in [-0.15, -0.1) is 0 Å². The normalized spacial score (nSPS) is 10.1. The van der Waals surface area contributed by atoms with Crippen LogP contribution in [0.2, 0.25) is 0 Å². The fraction of sp³-hybridized carbons (Fsp3) is 0.500. The van der Waals surface area contributed by atoms with Crippen molar-refractivity contribution in [3.05, 3.63) is 28.6 Å². The summed E-state index contributed by atoms with van der Waals surface area (Å²) in [6, 6.07) is 0. The smallest absolute Gasteiger partial charge is 0.303 e. The lowest BCUT2D eigenvalue weighted by Crippen LogP contribution is -2.05. The quantitative estimate of drug-likeness (QED) is 0.714. The van der Waals surface area contributed by atoms with Crippen LogP contribution in [-0.4, -0.2) is 11.0 Å². The van der Waals surface area contributed by atoms with Gasteiger partial charge in [0.15, 0.2) is 0 Å². The summed E-state index contributed by atoms with van der Waals surface area (Å²) in [5.41, 5.74) is 4.49. The third-order valence-corrected chi connectivity index (χ3v) is 2.54. The number of aromatic nitrogens is 1. The molecule has 0 aliphatic carbocycles. The number of rotatable bonds is 3. The lowest BCUT2D eigenvalue weighted by Gasteiger charge is -2.11. The topological polar surface area (TPSA) is 39.2 Å². The number of pyridine rings is 1. The SMILES string of the molecule is CCc1c(C)cnc(COC(C)=O)c1C. The second-order valence-corrected chi connectivity index (χ2v) is 3.63. The van der Waals surface area contributed by atoms with Crippen molar-refractivity contribution >= 4 is 5.97 Å². The van der Waals surface area contributed by atoms with Crippen molar-refractivity contribution in [2.45, 2.75) is 40.7 Å². The molecule has 0 aromatic carbocycles. The minimum Gasteiger partial charge on any atom is -0.459 e. The van der Waals surface area contributed by atoms with Crippen molar-refractivity contribution in [1.82, 2.24) is 4.98 Å². The molecule has 0 atom stereocenters. The number of hydrogen-bond acceptors (Lipinski definition) is 3. The van der Waals surface area contributed by atoms with E-state index in [1.165, 1.54) is 18.1 Å². The maximum Gasteiger partial charge on any atom is 0.303 e. The molecule has 0 radical (unpaired) electrons. The molecule has 0 saturated heterocycles. The standard InChI is InChI=1S/C12H17NO2/c1-5-11-8(2)6-13-12(9(11)3)7-15-10(4)14/h6H,5,7H2,1-4H3. The van der Waals surface area contributed by atoms with E-state index in [-0.39, 0.29) is 12.6 Å². The van der Waals surface area contributed by atoms with E-state index < -0.39 is 0 Å². The number of hydrogen-bond donors (Lipinski definition) is 0. The van der Waals surface area contributed by atoms with E-state index in [0.717, 1.165) is 17.7 Å². The zero-order valence-electron chi connectivity index (χ0n) is 9.76. The summed E-state index contributed by atoms with van der Waals surface area (Å²) in [6.07, 6.45) is 2.82. The highest BCUT2D eigenvalue weighted by Gasteiger charge is 2.08. The van der Waals surface area contributed by atoms with Gasteiger partial charge in [-0.2, -0.15) is 0 Å². The Morgan fingerprint density at radius 3 is 2.67 bits per heavy atom. The van der Waals surface area contributed by atoms with Crippen LogP contribution in [0.25, 0.3) is 0 Å². The number of carbonyl (C=O) groups is 1. The van der Waals surface area contributed by atoms with Gasteiger partial charge in [-0.1, -0.05) is 6.92 Å². The first-order valence-electron chi connectivity index (χ1n) is 5.13. The average molecular weight is 207 g/mol. The van der Waals surface area contributed by atoms with E-state index in [9.17, 15) is 4.79 Å². The van der Waals surface area contributed by atoms with Crippen LogP contribution >= 0.6 is 0 Å². The highest BCUT2D eigenvalue weighted by Crippen LogP contribution is 2.17. The predicted octanol–water partition coefficient (Wildman–Crippen LogP) is 2.32. The molecule has 0 unspecified atom stereocenters. The fourth-order valence-corrected chi connectivity index (χ4v) is 1.68. The molecule has 0 spiro atoms. The molecule has 1 rings (SSSR count). The Balaban J connectivity index is 2.94. The first kappa shape index (κ1) is 11.7. The Morgan fingerprint density at radius 2 is 2.13 bits per heavy atom. The molecule has 0 bridgehead atoms. The zero-order valence-corrected chi connectivity index (χ0v) is 9.76. The summed E-state index contributed by atoms with van der Waals surface area (Å²) < 4.78 is 4.95. The number of carbonyl (C=O) groups excluding carboxylic acids is 1. The van der Waals surface area contributed by atoms with Gasteiger partial charge >= 0.3 is 5.97 Å². The van der Waals surface area contributed by atoms with Gasteiger partial charge in [-0.3, -0.25) is 9.78 Å². The first-order chi connectivity index (χ1) is 7.06. The lowest BCUT2D eigenvalue weighted by atomic mass is 10.0. The van der Waals surface area contributed by atoms with Crippen molar-refractivity contribution in [3.8, 4) is 0 Å². The fourth-order valence-electron chi connectivity index (χ4n) is 1.68. The van der Waals surface area contributed by atoms with Crippen molar-refractivity contribution in [3.63, 3.8) is 0 Å². The van der Waals surface area contributed by atoms with Gasteiger partial charge in [0.25, 0.3) is 0 Å². The van der Waals surface area contributed by atoms with Gasteiger partial charge in [0.2, 0.25) is 0 Å². The van der Waals surface area contributed by atoms with Crippen LogP contribution in [-0.2, 0) is 22.6 Å². The molecular weight excluding hydrogens is 190 g/mol. The molecule has 3 heteroatoms. The molecule has 1 aromatic rings. The van der Waals surface area contributed by atoms with Crippen molar-refractivity contribution < 1.29 is 9.53 Å².